The monoisotopic (exact) mass is 308 g/mol. The van der Waals surface area contributed by atoms with Gasteiger partial charge >= 0.3 is 6.18 Å². The fourth-order valence-corrected chi connectivity index (χ4v) is 2.32. The third kappa shape index (κ3) is 3.96. The van der Waals surface area contributed by atoms with Crippen LogP contribution in [0.25, 0.3) is 0 Å². The Morgan fingerprint density at radius 1 is 1.30 bits per heavy atom. The average Bonchev–Trinajstić information content (AvgIpc) is 2.87. The van der Waals surface area contributed by atoms with Crippen molar-refractivity contribution >= 4 is 17.4 Å². The molecule has 2 rings (SSSR count). The van der Waals surface area contributed by atoms with Crippen LogP contribution in [0.3, 0.4) is 0 Å². The highest BCUT2D eigenvalue weighted by molar-refractivity contribution is 6.29. The van der Waals surface area contributed by atoms with Gasteiger partial charge in [0.15, 0.2) is 0 Å². The first kappa shape index (κ1) is 15.3. The molecule has 0 amide bonds. The third-order valence-electron chi connectivity index (χ3n) is 3.28. The largest absolute Gasteiger partial charge is 0.451 e. The molecule has 2 heterocycles. The lowest BCUT2D eigenvalue weighted by atomic mass is 10.4. The molecule has 1 aromatic rings. The molecule has 4 nitrogen and oxygen atoms in total. The van der Waals surface area contributed by atoms with Gasteiger partial charge in [-0.25, -0.2) is 9.97 Å². The summed E-state index contributed by atoms with van der Waals surface area (Å²) in [5.41, 5.74) is 0. The second-order valence-corrected chi connectivity index (χ2v) is 5.23. The molecule has 1 aliphatic heterocycles. The highest BCUT2D eigenvalue weighted by Gasteiger charge is 2.35. The van der Waals surface area contributed by atoms with Crippen molar-refractivity contribution in [3.05, 3.63) is 17.0 Å². The van der Waals surface area contributed by atoms with Crippen molar-refractivity contribution in [2.45, 2.75) is 19.0 Å². The van der Waals surface area contributed by atoms with E-state index in [1.807, 2.05) is 0 Å². The molecule has 1 saturated heterocycles. The predicted octanol–water partition coefficient (Wildman–Crippen LogP) is 2.68. The Kier molecular flexibility index (Phi) is 4.70. The van der Waals surface area contributed by atoms with Crippen molar-refractivity contribution in [3.8, 4) is 0 Å². The second kappa shape index (κ2) is 6.13. The number of likely N-dealkylation sites (tertiary alicyclic amines) is 1. The van der Waals surface area contributed by atoms with Crippen LogP contribution in [0.1, 0.15) is 18.7 Å². The average molecular weight is 309 g/mol. The van der Waals surface area contributed by atoms with Gasteiger partial charge in [0.1, 0.15) is 11.0 Å². The molecule has 0 aromatic carbocycles. The topological polar surface area (TPSA) is 32.3 Å². The van der Waals surface area contributed by atoms with E-state index in [4.69, 9.17) is 11.6 Å². The minimum absolute atomic E-state index is 0.191. The number of anilines is 1. The van der Waals surface area contributed by atoms with Crippen LogP contribution in [0, 0.1) is 0 Å². The minimum atomic E-state index is -4.59. The van der Waals surface area contributed by atoms with Crippen molar-refractivity contribution in [2.75, 3.05) is 38.1 Å². The Hall–Kier alpha value is -1.08. The van der Waals surface area contributed by atoms with E-state index in [0.29, 0.717) is 6.54 Å². The van der Waals surface area contributed by atoms with Crippen LogP contribution in [-0.2, 0) is 6.18 Å². The van der Waals surface area contributed by atoms with E-state index in [9.17, 15) is 13.2 Å². The molecule has 1 aromatic heterocycles. The Labute approximate surface area is 120 Å². The van der Waals surface area contributed by atoms with Crippen molar-refractivity contribution in [2.24, 2.45) is 0 Å². The summed E-state index contributed by atoms with van der Waals surface area (Å²) in [5.74, 6) is -1.01. The van der Waals surface area contributed by atoms with Crippen LogP contribution in [-0.4, -0.2) is 48.1 Å². The lowest BCUT2D eigenvalue weighted by Crippen LogP contribution is -2.32. The second-order valence-electron chi connectivity index (χ2n) is 4.84. The van der Waals surface area contributed by atoms with Gasteiger partial charge in [-0.15, -0.1) is 0 Å². The van der Waals surface area contributed by atoms with Crippen LogP contribution in [0.15, 0.2) is 6.07 Å². The number of alkyl halides is 3. The smallest absolute Gasteiger partial charge is 0.358 e. The molecular weight excluding hydrogens is 293 g/mol. The summed E-state index contributed by atoms with van der Waals surface area (Å²) >= 11 is 5.64. The van der Waals surface area contributed by atoms with Gasteiger partial charge in [-0.2, -0.15) is 13.2 Å². The Balaban J connectivity index is 2.04. The maximum absolute atomic E-state index is 12.6. The first-order valence-corrected chi connectivity index (χ1v) is 6.79. The summed E-state index contributed by atoms with van der Waals surface area (Å²) in [7, 11) is 1.70. The molecular formula is C12H16ClF3N4. The lowest BCUT2D eigenvalue weighted by molar-refractivity contribution is -0.144. The van der Waals surface area contributed by atoms with E-state index in [2.05, 4.69) is 14.9 Å². The minimum Gasteiger partial charge on any atom is -0.358 e. The number of halogens is 4. The molecule has 0 unspecified atom stereocenters. The number of nitrogens with zero attached hydrogens (tertiary/aromatic N) is 4. The first-order valence-electron chi connectivity index (χ1n) is 6.41. The van der Waals surface area contributed by atoms with Crippen molar-refractivity contribution in [1.82, 2.24) is 14.9 Å². The predicted molar refractivity (Wildman–Crippen MR) is 71.0 cm³/mol. The van der Waals surface area contributed by atoms with Crippen molar-refractivity contribution < 1.29 is 13.2 Å². The van der Waals surface area contributed by atoms with Crippen LogP contribution in [0.4, 0.5) is 19.0 Å². The van der Waals surface area contributed by atoms with Gasteiger partial charge in [-0.1, -0.05) is 11.6 Å². The van der Waals surface area contributed by atoms with Gasteiger partial charge in [-0.3, -0.25) is 0 Å². The molecule has 20 heavy (non-hydrogen) atoms. The maximum Gasteiger partial charge on any atom is 0.451 e. The summed E-state index contributed by atoms with van der Waals surface area (Å²) in [6.07, 6.45) is -2.22. The third-order valence-corrected chi connectivity index (χ3v) is 3.47. The van der Waals surface area contributed by atoms with Crippen molar-refractivity contribution in [1.29, 1.82) is 0 Å². The quantitative estimate of drug-likeness (QED) is 0.801. The zero-order valence-corrected chi connectivity index (χ0v) is 11.9. The summed E-state index contributed by atoms with van der Waals surface area (Å²) in [6, 6.07) is 1.35. The van der Waals surface area contributed by atoms with E-state index in [0.717, 1.165) is 19.6 Å². The lowest BCUT2D eigenvalue weighted by Gasteiger charge is -2.22. The highest BCUT2D eigenvalue weighted by atomic mass is 35.5. The van der Waals surface area contributed by atoms with Gasteiger partial charge in [0.05, 0.1) is 0 Å². The molecule has 0 spiro atoms. The highest BCUT2D eigenvalue weighted by Crippen LogP contribution is 2.28. The van der Waals surface area contributed by atoms with E-state index in [1.54, 1.807) is 11.9 Å². The number of aromatic nitrogens is 2. The summed E-state index contributed by atoms with van der Waals surface area (Å²) in [5, 5.41) is -0.199. The molecule has 0 saturated carbocycles. The summed E-state index contributed by atoms with van der Waals surface area (Å²) in [6.45, 7) is 3.50. The van der Waals surface area contributed by atoms with E-state index in [1.165, 1.54) is 18.9 Å². The Morgan fingerprint density at radius 2 is 1.95 bits per heavy atom. The summed E-state index contributed by atoms with van der Waals surface area (Å²) in [4.78, 5) is 10.7. The van der Waals surface area contributed by atoms with E-state index < -0.39 is 12.0 Å². The van der Waals surface area contributed by atoms with Crippen LogP contribution in [0.5, 0.6) is 0 Å². The van der Waals surface area contributed by atoms with Gasteiger partial charge < -0.3 is 9.80 Å². The molecule has 0 N–H and O–H groups in total. The zero-order valence-electron chi connectivity index (χ0n) is 11.1. The first-order chi connectivity index (χ1) is 9.36. The molecule has 1 aliphatic rings. The summed E-state index contributed by atoms with van der Waals surface area (Å²) < 4.78 is 37.9. The molecule has 0 bridgehead atoms. The van der Waals surface area contributed by atoms with Gasteiger partial charge in [-0.05, 0) is 25.9 Å². The molecule has 0 radical (unpaired) electrons. The fraction of sp³-hybridized carbons (Fsp3) is 0.667. The van der Waals surface area contributed by atoms with Crippen LogP contribution < -0.4 is 4.90 Å². The zero-order chi connectivity index (χ0) is 14.8. The number of hydrogen-bond donors (Lipinski definition) is 0. The van der Waals surface area contributed by atoms with E-state index >= 15 is 0 Å². The van der Waals surface area contributed by atoms with Crippen LogP contribution >= 0.6 is 11.6 Å². The molecule has 1 fully saturated rings. The van der Waals surface area contributed by atoms with Gasteiger partial charge in [0.2, 0.25) is 5.82 Å². The maximum atomic E-state index is 12.6. The normalized spacial score (nSPS) is 16.6. The molecule has 0 aliphatic carbocycles. The van der Waals surface area contributed by atoms with Crippen molar-refractivity contribution in [3.63, 3.8) is 0 Å². The standard InChI is InChI=1S/C12H16ClF3N4/c1-19(6-7-20-4-2-3-5-20)10-8-9(13)17-11(18-10)12(14,15)16/h8H,2-7H2,1H3. The van der Waals surface area contributed by atoms with Gasteiger partial charge in [0, 0.05) is 26.2 Å². The number of hydrogen-bond acceptors (Lipinski definition) is 4. The Morgan fingerprint density at radius 3 is 2.55 bits per heavy atom. The fourth-order valence-electron chi connectivity index (χ4n) is 2.14. The Bertz CT molecular complexity index is 461. The van der Waals surface area contributed by atoms with Crippen LogP contribution in [0.2, 0.25) is 5.15 Å². The molecule has 112 valence electrons. The number of likely N-dealkylation sites (N-methyl/N-ethyl adjacent to an activating group) is 1. The van der Waals surface area contributed by atoms with Gasteiger partial charge in [0.25, 0.3) is 0 Å². The molecule has 8 heteroatoms. The number of rotatable bonds is 4. The molecule has 0 atom stereocenters. The SMILES string of the molecule is CN(CCN1CCCC1)c1cc(Cl)nc(C(F)(F)F)n1. The van der Waals surface area contributed by atoms with E-state index in [-0.39, 0.29) is 11.0 Å².